The summed E-state index contributed by atoms with van der Waals surface area (Å²) in [6.07, 6.45) is 0. The highest BCUT2D eigenvalue weighted by molar-refractivity contribution is 6.31. The lowest BCUT2D eigenvalue weighted by Crippen LogP contribution is -2.49. The Morgan fingerprint density at radius 1 is 1.00 bits per heavy atom. The van der Waals surface area contributed by atoms with Crippen molar-refractivity contribution in [2.45, 2.75) is 13.0 Å². The Morgan fingerprint density at radius 3 is 2.30 bits per heavy atom. The van der Waals surface area contributed by atoms with Gasteiger partial charge in [0.15, 0.2) is 0 Å². The van der Waals surface area contributed by atoms with Crippen LogP contribution < -0.4 is 5.56 Å². The molecular weight excluding hydrogens is 423 g/mol. The summed E-state index contributed by atoms with van der Waals surface area (Å²) in [7, 11) is 1.75. The predicted molar refractivity (Wildman–Crippen MR) is 119 cm³/mol. The second kappa shape index (κ2) is 8.38. The molecule has 0 N–H and O–H groups in total. The molecule has 1 aliphatic heterocycles. The normalized spacial score (nSPS) is 16.1. The largest absolute Gasteiger partial charge is 0.336 e. The van der Waals surface area contributed by atoms with Crippen molar-refractivity contribution in [3.63, 3.8) is 0 Å². The summed E-state index contributed by atoms with van der Waals surface area (Å²) in [5.41, 5.74) is 1.15. The number of amides is 1. The summed E-state index contributed by atoms with van der Waals surface area (Å²) >= 11 is 12.0. The van der Waals surface area contributed by atoms with E-state index in [1.54, 1.807) is 54.1 Å². The van der Waals surface area contributed by atoms with Gasteiger partial charge in [-0.3, -0.25) is 19.1 Å². The number of hydrogen-bond acceptors (Lipinski definition) is 4. The maximum absolute atomic E-state index is 12.8. The number of rotatable bonds is 3. The third-order valence-corrected chi connectivity index (χ3v) is 6.17. The van der Waals surface area contributed by atoms with Gasteiger partial charge in [0.1, 0.15) is 5.82 Å². The number of aromatic nitrogens is 2. The molecule has 4 rings (SSSR count). The second-order valence-corrected chi connectivity index (χ2v) is 8.38. The lowest BCUT2D eigenvalue weighted by Gasteiger charge is -2.38. The van der Waals surface area contributed by atoms with Gasteiger partial charge in [-0.05, 0) is 49.4 Å². The van der Waals surface area contributed by atoms with Gasteiger partial charge >= 0.3 is 0 Å². The molecule has 1 fully saturated rings. The summed E-state index contributed by atoms with van der Waals surface area (Å²) < 4.78 is 1.60. The minimum Gasteiger partial charge on any atom is -0.336 e. The van der Waals surface area contributed by atoms with Gasteiger partial charge in [-0.25, -0.2) is 4.98 Å². The van der Waals surface area contributed by atoms with Crippen molar-refractivity contribution in [2.75, 3.05) is 26.2 Å². The van der Waals surface area contributed by atoms with E-state index in [2.05, 4.69) is 4.90 Å². The van der Waals surface area contributed by atoms with E-state index in [0.717, 1.165) is 0 Å². The molecule has 0 radical (unpaired) electrons. The standard InChI is InChI=1S/C22H22Cl2N4O2/c1-14(20-25-19-13-17(24)7-8-18(19)22(30)26(20)2)27-9-11-28(12-10-27)21(29)15-3-5-16(23)6-4-15/h3-8,13-14H,9-12H2,1-2H3. The molecule has 1 amide bonds. The van der Waals surface area contributed by atoms with E-state index in [0.29, 0.717) is 58.5 Å². The Bertz CT molecular complexity index is 1150. The summed E-state index contributed by atoms with van der Waals surface area (Å²) in [5.74, 6) is 0.692. The van der Waals surface area contributed by atoms with Crippen molar-refractivity contribution in [2.24, 2.45) is 7.05 Å². The first-order valence-electron chi connectivity index (χ1n) is 9.80. The Kier molecular flexibility index (Phi) is 5.82. The molecule has 1 unspecified atom stereocenters. The molecule has 30 heavy (non-hydrogen) atoms. The fourth-order valence-electron chi connectivity index (χ4n) is 3.89. The summed E-state index contributed by atoms with van der Waals surface area (Å²) in [5, 5.41) is 1.72. The average Bonchev–Trinajstić information content (AvgIpc) is 2.76. The molecule has 156 valence electrons. The highest BCUT2D eigenvalue weighted by Gasteiger charge is 2.27. The molecule has 1 saturated heterocycles. The Labute approximate surface area is 184 Å². The van der Waals surface area contributed by atoms with Crippen LogP contribution >= 0.6 is 23.2 Å². The molecule has 0 aliphatic carbocycles. The van der Waals surface area contributed by atoms with Gasteiger partial charge in [0.2, 0.25) is 0 Å². The molecule has 3 aromatic rings. The van der Waals surface area contributed by atoms with Gasteiger partial charge in [-0.15, -0.1) is 0 Å². The van der Waals surface area contributed by atoms with Crippen molar-refractivity contribution < 1.29 is 4.79 Å². The molecule has 0 saturated carbocycles. The third-order valence-electron chi connectivity index (χ3n) is 5.69. The van der Waals surface area contributed by atoms with Gasteiger partial charge in [0, 0.05) is 48.8 Å². The van der Waals surface area contributed by atoms with Crippen molar-refractivity contribution in [1.29, 1.82) is 0 Å². The van der Waals surface area contributed by atoms with Crippen molar-refractivity contribution in [3.05, 3.63) is 74.3 Å². The van der Waals surface area contributed by atoms with Crippen LogP contribution in [0.5, 0.6) is 0 Å². The van der Waals surface area contributed by atoms with Crippen LogP contribution in [0, 0.1) is 0 Å². The smallest absolute Gasteiger partial charge is 0.261 e. The number of benzene rings is 2. The Morgan fingerprint density at radius 2 is 1.63 bits per heavy atom. The summed E-state index contributed by atoms with van der Waals surface area (Å²) in [6, 6.07) is 12.0. The molecule has 2 heterocycles. The molecule has 8 heteroatoms. The molecule has 2 aromatic carbocycles. The minimum absolute atomic E-state index is 0.00448. The van der Waals surface area contributed by atoms with Gasteiger partial charge in [-0.2, -0.15) is 0 Å². The SMILES string of the molecule is CC(c1nc2cc(Cl)ccc2c(=O)n1C)N1CCN(C(=O)c2ccc(Cl)cc2)CC1. The monoisotopic (exact) mass is 444 g/mol. The van der Waals surface area contributed by atoms with E-state index in [9.17, 15) is 9.59 Å². The number of hydrogen-bond donors (Lipinski definition) is 0. The van der Waals surface area contributed by atoms with Crippen LogP contribution in [-0.4, -0.2) is 51.4 Å². The molecular formula is C22H22Cl2N4O2. The van der Waals surface area contributed by atoms with Gasteiger partial charge < -0.3 is 4.90 Å². The van der Waals surface area contributed by atoms with Crippen LogP contribution in [0.4, 0.5) is 0 Å². The quantitative estimate of drug-likeness (QED) is 0.616. The highest BCUT2D eigenvalue weighted by atomic mass is 35.5. The molecule has 1 aliphatic rings. The first-order valence-corrected chi connectivity index (χ1v) is 10.6. The zero-order chi connectivity index (χ0) is 21.4. The lowest BCUT2D eigenvalue weighted by atomic mass is 10.1. The number of halogens is 2. The third kappa shape index (κ3) is 3.95. The zero-order valence-electron chi connectivity index (χ0n) is 16.8. The number of fused-ring (bicyclic) bond motifs is 1. The van der Waals surface area contributed by atoms with Crippen molar-refractivity contribution in [1.82, 2.24) is 19.4 Å². The van der Waals surface area contributed by atoms with E-state index in [1.165, 1.54) is 0 Å². The van der Waals surface area contributed by atoms with E-state index < -0.39 is 0 Å². The van der Waals surface area contributed by atoms with Crippen LogP contribution in [0.3, 0.4) is 0 Å². The first kappa shape index (κ1) is 20.8. The van der Waals surface area contributed by atoms with Crippen LogP contribution in [0.2, 0.25) is 10.0 Å². The summed E-state index contributed by atoms with van der Waals surface area (Å²) in [4.78, 5) is 34.3. The van der Waals surface area contributed by atoms with Gasteiger partial charge in [0.05, 0.1) is 16.9 Å². The van der Waals surface area contributed by atoms with E-state index in [1.807, 2.05) is 11.8 Å². The van der Waals surface area contributed by atoms with Crippen molar-refractivity contribution >= 4 is 40.0 Å². The maximum Gasteiger partial charge on any atom is 0.261 e. The molecule has 1 atom stereocenters. The maximum atomic E-state index is 12.8. The van der Waals surface area contributed by atoms with Gasteiger partial charge in [0.25, 0.3) is 11.5 Å². The fourth-order valence-corrected chi connectivity index (χ4v) is 4.18. The van der Waals surface area contributed by atoms with Crippen LogP contribution in [0.15, 0.2) is 47.3 Å². The molecule has 1 aromatic heterocycles. The van der Waals surface area contributed by atoms with E-state index >= 15 is 0 Å². The predicted octanol–water partition coefficient (Wildman–Crippen LogP) is 3.76. The number of piperazine rings is 1. The van der Waals surface area contributed by atoms with E-state index in [4.69, 9.17) is 28.2 Å². The number of carbonyl (C=O) groups excluding carboxylic acids is 1. The summed E-state index contributed by atoms with van der Waals surface area (Å²) in [6.45, 7) is 4.65. The van der Waals surface area contributed by atoms with Gasteiger partial charge in [-0.1, -0.05) is 23.2 Å². The van der Waals surface area contributed by atoms with Crippen LogP contribution in [-0.2, 0) is 7.05 Å². The van der Waals surface area contributed by atoms with Crippen molar-refractivity contribution in [3.8, 4) is 0 Å². The Balaban J connectivity index is 1.51. The van der Waals surface area contributed by atoms with Crippen LogP contribution in [0.25, 0.3) is 10.9 Å². The number of nitrogens with zero attached hydrogens (tertiary/aromatic N) is 4. The molecule has 0 spiro atoms. The lowest BCUT2D eigenvalue weighted by molar-refractivity contribution is 0.0572. The highest BCUT2D eigenvalue weighted by Crippen LogP contribution is 2.23. The Hall–Kier alpha value is -2.41. The topological polar surface area (TPSA) is 58.4 Å². The molecule has 6 nitrogen and oxygen atoms in total. The average molecular weight is 445 g/mol. The van der Waals surface area contributed by atoms with E-state index in [-0.39, 0.29) is 17.5 Å². The number of carbonyl (C=O) groups is 1. The zero-order valence-corrected chi connectivity index (χ0v) is 18.3. The second-order valence-electron chi connectivity index (χ2n) is 7.51. The fraction of sp³-hybridized carbons (Fsp3) is 0.318. The van der Waals surface area contributed by atoms with Crippen LogP contribution in [0.1, 0.15) is 29.1 Å². The minimum atomic E-state index is -0.0879. The first-order chi connectivity index (χ1) is 14.3. The molecule has 0 bridgehead atoms.